The molecule has 130 valence electrons. The average molecular weight is 338 g/mol. The van der Waals surface area contributed by atoms with Crippen molar-refractivity contribution in [3.05, 3.63) is 59.7 Å². The smallest absolute Gasteiger partial charge is 0.274 e. The van der Waals surface area contributed by atoms with Gasteiger partial charge in [-0.05, 0) is 24.0 Å². The van der Waals surface area contributed by atoms with Crippen LogP contribution in [0.4, 0.5) is 0 Å². The third-order valence-corrected chi connectivity index (χ3v) is 5.13. The molecule has 3 heterocycles. The Morgan fingerprint density at radius 3 is 2.84 bits per heavy atom. The van der Waals surface area contributed by atoms with Crippen LogP contribution in [0.3, 0.4) is 0 Å². The number of nitrogens with zero attached hydrogens (tertiary/aromatic N) is 4. The summed E-state index contributed by atoms with van der Waals surface area (Å²) in [4.78, 5) is 24.5. The molecular formula is C19H22N4O2. The molecule has 0 aliphatic carbocycles. The highest BCUT2D eigenvalue weighted by Gasteiger charge is 2.40. The van der Waals surface area contributed by atoms with E-state index < -0.39 is 5.60 Å². The van der Waals surface area contributed by atoms with Crippen LogP contribution in [0.25, 0.3) is 0 Å². The van der Waals surface area contributed by atoms with Crippen molar-refractivity contribution in [2.24, 2.45) is 0 Å². The number of amides is 1. The summed E-state index contributed by atoms with van der Waals surface area (Å²) in [6, 6.07) is 8.48. The summed E-state index contributed by atoms with van der Waals surface area (Å²) in [7, 11) is 0. The fourth-order valence-corrected chi connectivity index (χ4v) is 3.84. The van der Waals surface area contributed by atoms with Crippen LogP contribution in [0.2, 0.25) is 0 Å². The fourth-order valence-electron chi connectivity index (χ4n) is 3.84. The Labute approximate surface area is 147 Å². The number of carbonyl (C=O) groups excluding carboxylic acids is 1. The molecule has 1 N–H and O–H groups in total. The summed E-state index contributed by atoms with van der Waals surface area (Å²) in [6.45, 7) is 3.29. The molecule has 0 spiro atoms. The molecule has 1 unspecified atom stereocenters. The second-order valence-electron chi connectivity index (χ2n) is 7.02. The highest BCUT2D eigenvalue weighted by molar-refractivity contribution is 5.92. The van der Waals surface area contributed by atoms with E-state index in [4.69, 9.17) is 0 Å². The van der Waals surface area contributed by atoms with Crippen molar-refractivity contribution in [1.82, 2.24) is 19.8 Å². The van der Waals surface area contributed by atoms with E-state index in [2.05, 4.69) is 39.1 Å². The van der Waals surface area contributed by atoms with Crippen molar-refractivity contribution >= 4 is 5.91 Å². The molecule has 25 heavy (non-hydrogen) atoms. The molecule has 1 fully saturated rings. The minimum Gasteiger partial charge on any atom is -0.387 e. The van der Waals surface area contributed by atoms with E-state index >= 15 is 0 Å². The summed E-state index contributed by atoms with van der Waals surface area (Å²) in [5.41, 5.74) is 2.21. The van der Waals surface area contributed by atoms with Crippen molar-refractivity contribution in [1.29, 1.82) is 0 Å². The zero-order valence-electron chi connectivity index (χ0n) is 14.1. The van der Waals surface area contributed by atoms with Gasteiger partial charge in [0.2, 0.25) is 0 Å². The van der Waals surface area contributed by atoms with Gasteiger partial charge in [-0.15, -0.1) is 0 Å². The molecule has 0 saturated carbocycles. The molecule has 2 aliphatic heterocycles. The molecule has 0 radical (unpaired) electrons. The number of hydrogen-bond acceptors (Lipinski definition) is 5. The van der Waals surface area contributed by atoms with Gasteiger partial charge in [-0.3, -0.25) is 14.7 Å². The molecule has 1 aromatic heterocycles. The zero-order chi connectivity index (χ0) is 17.3. The Balaban J connectivity index is 1.40. The van der Waals surface area contributed by atoms with Crippen molar-refractivity contribution < 1.29 is 9.90 Å². The van der Waals surface area contributed by atoms with Crippen LogP contribution in [0.15, 0.2) is 42.9 Å². The normalized spacial score (nSPS) is 23.5. The quantitative estimate of drug-likeness (QED) is 0.908. The summed E-state index contributed by atoms with van der Waals surface area (Å²) in [5.74, 6) is -0.159. The van der Waals surface area contributed by atoms with E-state index in [1.165, 1.54) is 23.5 Å². The van der Waals surface area contributed by atoms with Gasteiger partial charge in [0.25, 0.3) is 5.91 Å². The number of carbonyl (C=O) groups is 1. The largest absolute Gasteiger partial charge is 0.387 e. The lowest BCUT2D eigenvalue weighted by molar-refractivity contribution is 0.00799. The van der Waals surface area contributed by atoms with E-state index in [0.717, 1.165) is 19.5 Å². The molecule has 1 atom stereocenters. The molecule has 6 heteroatoms. The fraction of sp³-hybridized carbons (Fsp3) is 0.421. The molecular weight excluding hydrogens is 316 g/mol. The van der Waals surface area contributed by atoms with Gasteiger partial charge in [0.15, 0.2) is 0 Å². The van der Waals surface area contributed by atoms with Gasteiger partial charge in [-0.1, -0.05) is 24.3 Å². The third-order valence-electron chi connectivity index (χ3n) is 5.13. The van der Waals surface area contributed by atoms with Gasteiger partial charge < -0.3 is 10.0 Å². The van der Waals surface area contributed by atoms with Crippen LogP contribution < -0.4 is 0 Å². The number of likely N-dealkylation sites (tertiary alicyclic amines) is 1. The van der Waals surface area contributed by atoms with E-state index in [1.807, 2.05) is 0 Å². The monoisotopic (exact) mass is 338 g/mol. The van der Waals surface area contributed by atoms with Crippen molar-refractivity contribution in [3.8, 4) is 0 Å². The molecule has 0 bridgehead atoms. The van der Waals surface area contributed by atoms with E-state index in [9.17, 15) is 9.90 Å². The Morgan fingerprint density at radius 1 is 1.20 bits per heavy atom. The number of aromatic nitrogens is 2. The van der Waals surface area contributed by atoms with Gasteiger partial charge in [0.05, 0.1) is 18.3 Å². The van der Waals surface area contributed by atoms with Gasteiger partial charge in [0.1, 0.15) is 5.69 Å². The minimum absolute atomic E-state index is 0.159. The SMILES string of the molecule is O=C(c1cnccn1)N1CCC(O)(CN2CCc3ccccc3C2)C1. The maximum atomic E-state index is 12.5. The summed E-state index contributed by atoms with van der Waals surface area (Å²) < 4.78 is 0. The first kappa shape index (κ1) is 16.2. The molecule has 2 aliphatic rings. The first-order valence-electron chi connectivity index (χ1n) is 8.70. The Hall–Kier alpha value is -2.31. The molecule has 1 aromatic carbocycles. The summed E-state index contributed by atoms with van der Waals surface area (Å²) in [6.07, 6.45) is 6.14. The predicted molar refractivity (Wildman–Crippen MR) is 92.9 cm³/mol. The molecule has 2 aromatic rings. The summed E-state index contributed by atoms with van der Waals surface area (Å²) >= 11 is 0. The van der Waals surface area contributed by atoms with Crippen LogP contribution in [0.1, 0.15) is 28.0 Å². The van der Waals surface area contributed by atoms with Gasteiger partial charge >= 0.3 is 0 Å². The highest BCUT2D eigenvalue weighted by atomic mass is 16.3. The standard InChI is InChI=1S/C19H22N4O2/c24-18(17-11-20-7-8-21-17)23-10-6-19(25,14-23)13-22-9-5-15-3-1-2-4-16(15)12-22/h1-4,7-8,11,25H,5-6,9-10,12-14H2. The number of rotatable bonds is 3. The topological polar surface area (TPSA) is 69.6 Å². The highest BCUT2D eigenvalue weighted by Crippen LogP contribution is 2.26. The van der Waals surface area contributed by atoms with Crippen LogP contribution in [0, 0.1) is 0 Å². The Morgan fingerprint density at radius 2 is 2.04 bits per heavy atom. The number of hydrogen-bond donors (Lipinski definition) is 1. The van der Waals surface area contributed by atoms with Gasteiger partial charge in [-0.25, -0.2) is 4.98 Å². The summed E-state index contributed by atoms with van der Waals surface area (Å²) in [5, 5.41) is 11.0. The molecule has 4 rings (SSSR count). The molecule has 1 saturated heterocycles. The number of fused-ring (bicyclic) bond motifs is 1. The van der Waals surface area contributed by atoms with Crippen LogP contribution in [-0.4, -0.2) is 62.6 Å². The number of β-amino-alcohol motifs (C(OH)–C–C–N with tert-alkyl or cyclic N) is 1. The lowest BCUT2D eigenvalue weighted by Gasteiger charge is -2.34. The Kier molecular flexibility index (Phi) is 4.23. The van der Waals surface area contributed by atoms with Crippen LogP contribution in [0.5, 0.6) is 0 Å². The van der Waals surface area contributed by atoms with Crippen molar-refractivity contribution in [2.75, 3.05) is 26.2 Å². The van der Waals surface area contributed by atoms with E-state index in [1.54, 1.807) is 11.1 Å². The van der Waals surface area contributed by atoms with Gasteiger partial charge in [-0.2, -0.15) is 0 Å². The molecule has 1 amide bonds. The number of aliphatic hydroxyl groups is 1. The van der Waals surface area contributed by atoms with Crippen LogP contribution in [-0.2, 0) is 13.0 Å². The Bertz CT molecular complexity index is 767. The van der Waals surface area contributed by atoms with Gasteiger partial charge in [0, 0.05) is 38.6 Å². The first-order valence-corrected chi connectivity index (χ1v) is 8.70. The maximum Gasteiger partial charge on any atom is 0.274 e. The second-order valence-corrected chi connectivity index (χ2v) is 7.02. The lowest BCUT2D eigenvalue weighted by atomic mass is 9.97. The predicted octanol–water partition coefficient (Wildman–Crippen LogP) is 1.11. The lowest BCUT2D eigenvalue weighted by Crippen LogP contribution is -2.47. The first-order chi connectivity index (χ1) is 12.1. The average Bonchev–Trinajstić information content (AvgIpc) is 3.03. The second kappa shape index (κ2) is 6.54. The zero-order valence-corrected chi connectivity index (χ0v) is 14.1. The third kappa shape index (κ3) is 3.41. The van der Waals surface area contributed by atoms with Crippen molar-refractivity contribution in [2.45, 2.75) is 25.0 Å². The molecule has 6 nitrogen and oxygen atoms in total. The van der Waals surface area contributed by atoms with E-state index in [-0.39, 0.29) is 5.91 Å². The van der Waals surface area contributed by atoms with Crippen molar-refractivity contribution in [3.63, 3.8) is 0 Å². The minimum atomic E-state index is -0.857. The van der Waals surface area contributed by atoms with Crippen LogP contribution >= 0.6 is 0 Å². The maximum absolute atomic E-state index is 12.5. The number of benzene rings is 1. The van der Waals surface area contributed by atoms with E-state index in [0.29, 0.717) is 31.7 Å².